The molecule has 0 bridgehead atoms. The zero-order valence-corrected chi connectivity index (χ0v) is 25.2. The molecular weight excluding hydrogens is 576 g/mol. The Morgan fingerprint density at radius 2 is 1.02 bits per heavy atom. The first-order valence-electron chi connectivity index (χ1n) is 15.7. The molecule has 0 aliphatic carbocycles. The number of benzene rings is 6. The van der Waals surface area contributed by atoms with Crippen LogP contribution in [0.1, 0.15) is 0 Å². The molecule has 0 fully saturated rings. The monoisotopic (exact) mass is 602 g/mol. The maximum Gasteiger partial charge on any atom is 0.223 e. The smallest absolute Gasteiger partial charge is 0.223 e. The molecule has 0 unspecified atom stereocenters. The van der Waals surface area contributed by atoms with Gasteiger partial charge in [-0.2, -0.15) is 4.98 Å². The van der Waals surface area contributed by atoms with E-state index in [9.17, 15) is 0 Å². The van der Waals surface area contributed by atoms with Crippen LogP contribution in [-0.4, -0.2) is 28.7 Å². The average molecular weight is 603 g/mol. The normalized spacial score (nSPS) is 11.8. The lowest BCUT2D eigenvalue weighted by Crippen LogP contribution is -2.05. The van der Waals surface area contributed by atoms with Gasteiger partial charge in [-0.3, -0.25) is 9.13 Å². The van der Waals surface area contributed by atoms with Crippen LogP contribution in [0.5, 0.6) is 0 Å². The van der Waals surface area contributed by atoms with Crippen LogP contribution in [0.2, 0.25) is 0 Å². The predicted molar refractivity (Wildman–Crippen MR) is 191 cm³/mol. The Kier molecular flexibility index (Phi) is 5.48. The largest absolute Gasteiger partial charge is 0.309 e. The molecule has 0 spiro atoms. The fourth-order valence-electron chi connectivity index (χ4n) is 7.13. The maximum absolute atomic E-state index is 5.27. The van der Waals surface area contributed by atoms with E-state index in [1.165, 1.54) is 27.2 Å². The van der Waals surface area contributed by atoms with Crippen molar-refractivity contribution in [2.45, 2.75) is 0 Å². The van der Waals surface area contributed by atoms with Crippen molar-refractivity contribution >= 4 is 54.9 Å². The van der Waals surface area contributed by atoms with Gasteiger partial charge in [0.25, 0.3) is 0 Å². The summed E-state index contributed by atoms with van der Waals surface area (Å²) in [5.41, 5.74) is 9.67. The van der Waals surface area contributed by atoms with E-state index in [0.717, 1.165) is 45.0 Å². The third kappa shape index (κ3) is 3.76. The van der Waals surface area contributed by atoms with Gasteiger partial charge in [-0.05, 0) is 42.5 Å². The van der Waals surface area contributed by atoms with Crippen molar-refractivity contribution < 1.29 is 0 Å². The second-order valence-corrected chi connectivity index (χ2v) is 11.7. The van der Waals surface area contributed by atoms with E-state index in [1.54, 1.807) is 0 Å². The van der Waals surface area contributed by atoms with Crippen LogP contribution in [0.25, 0.3) is 83.5 Å². The standard InChI is InChI=1S/C41H26N6/c1-4-14-27(15-5-1)33-26-42-40-39(43-33)44-41(46(40)29-18-8-3-9-19-29)47-35-23-13-11-21-32(35)37-36(47)25-24-31-30-20-10-12-22-34(30)45(38(31)37)28-16-6-2-7-17-28/h1-26H. The van der Waals surface area contributed by atoms with Crippen LogP contribution in [0.3, 0.4) is 0 Å². The van der Waals surface area contributed by atoms with Crippen molar-refractivity contribution in [3.05, 3.63) is 158 Å². The lowest BCUT2D eigenvalue weighted by atomic mass is 10.1. The van der Waals surface area contributed by atoms with E-state index in [2.05, 4.69) is 129 Å². The molecule has 0 saturated carbocycles. The van der Waals surface area contributed by atoms with Gasteiger partial charge in [-0.15, -0.1) is 0 Å². The highest BCUT2D eigenvalue weighted by Crippen LogP contribution is 2.42. The molecule has 0 saturated heterocycles. The summed E-state index contributed by atoms with van der Waals surface area (Å²) in [6, 6.07) is 52.9. The molecule has 47 heavy (non-hydrogen) atoms. The summed E-state index contributed by atoms with van der Waals surface area (Å²) in [4.78, 5) is 15.3. The van der Waals surface area contributed by atoms with E-state index in [1.807, 2.05) is 42.6 Å². The summed E-state index contributed by atoms with van der Waals surface area (Å²) in [6.45, 7) is 0. The highest BCUT2D eigenvalue weighted by Gasteiger charge is 2.24. The molecule has 10 rings (SSSR count). The first kappa shape index (κ1) is 25.8. The summed E-state index contributed by atoms with van der Waals surface area (Å²) in [7, 11) is 0. The van der Waals surface area contributed by atoms with Gasteiger partial charge in [0.05, 0.1) is 39.6 Å². The minimum Gasteiger partial charge on any atom is -0.309 e. The quantitative estimate of drug-likeness (QED) is 0.202. The second-order valence-electron chi connectivity index (χ2n) is 11.7. The number of imidazole rings is 1. The van der Waals surface area contributed by atoms with Crippen LogP contribution in [0, 0.1) is 0 Å². The Balaban J connectivity index is 1.36. The number of rotatable bonds is 4. The van der Waals surface area contributed by atoms with Gasteiger partial charge in [0.2, 0.25) is 5.95 Å². The summed E-state index contributed by atoms with van der Waals surface area (Å²) in [5.74, 6) is 0.740. The zero-order valence-electron chi connectivity index (χ0n) is 25.2. The lowest BCUT2D eigenvalue weighted by Gasteiger charge is -2.12. The van der Waals surface area contributed by atoms with Crippen LogP contribution >= 0.6 is 0 Å². The van der Waals surface area contributed by atoms with Crippen molar-refractivity contribution in [3.63, 3.8) is 0 Å². The summed E-state index contributed by atoms with van der Waals surface area (Å²) in [5, 5.41) is 4.78. The molecule has 0 amide bonds. The Bertz CT molecular complexity index is 2770. The molecule has 6 nitrogen and oxygen atoms in total. The van der Waals surface area contributed by atoms with Gasteiger partial charge in [0, 0.05) is 32.8 Å². The molecule has 0 aliphatic heterocycles. The minimum absolute atomic E-state index is 0.593. The van der Waals surface area contributed by atoms with Gasteiger partial charge < -0.3 is 4.57 Å². The fourth-order valence-corrected chi connectivity index (χ4v) is 7.13. The van der Waals surface area contributed by atoms with Crippen molar-refractivity contribution in [3.8, 4) is 28.6 Å². The lowest BCUT2D eigenvalue weighted by molar-refractivity contribution is 0.947. The number of hydrogen-bond donors (Lipinski definition) is 0. The van der Waals surface area contributed by atoms with E-state index >= 15 is 0 Å². The fraction of sp³-hybridized carbons (Fsp3) is 0. The minimum atomic E-state index is 0.593. The molecule has 0 atom stereocenters. The molecule has 0 aliphatic rings. The van der Waals surface area contributed by atoms with Crippen molar-refractivity contribution in [2.24, 2.45) is 0 Å². The number of nitrogens with zero attached hydrogens (tertiary/aromatic N) is 6. The highest BCUT2D eigenvalue weighted by atomic mass is 15.3. The number of para-hydroxylation sites is 4. The molecular formula is C41H26N6. The zero-order chi connectivity index (χ0) is 30.9. The van der Waals surface area contributed by atoms with Crippen molar-refractivity contribution in [1.82, 2.24) is 28.7 Å². The molecule has 10 aromatic rings. The predicted octanol–water partition coefficient (Wildman–Crippen LogP) is 9.68. The molecule has 0 N–H and O–H groups in total. The van der Waals surface area contributed by atoms with Gasteiger partial charge in [0.15, 0.2) is 11.3 Å². The molecule has 6 heteroatoms. The Morgan fingerprint density at radius 3 is 1.74 bits per heavy atom. The molecule has 6 aromatic carbocycles. The van der Waals surface area contributed by atoms with Gasteiger partial charge in [-0.1, -0.05) is 109 Å². The summed E-state index contributed by atoms with van der Waals surface area (Å²) < 4.78 is 6.80. The molecule has 4 aromatic heterocycles. The molecule has 4 heterocycles. The van der Waals surface area contributed by atoms with Gasteiger partial charge in [0.1, 0.15) is 0 Å². The third-order valence-corrected chi connectivity index (χ3v) is 9.12. The Labute approximate surface area is 269 Å². The number of aromatic nitrogens is 6. The second kappa shape index (κ2) is 9.99. The van der Waals surface area contributed by atoms with Crippen LogP contribution in [-0.2, 0) is 0 Å². The number of hydrogen-bond acceptors (Lipinski definition) is 3. The Hall–Kier alpha value is -6.53. The number of fused-ring (bicyclic) bond motifs is 8. The van der Waals surface area contributed by atoms with Crippen molar-refractivity contribution in [2.75, 3.05) is 0 Å². The van der Waals surface area contributed by atoms with E-state index in [-0.39, 0.29) is 0 Å². The third-order valence-electron chi connectivity index (χ3n) is 9.12. The first-order valence-corrected chi connectivity index (χ1v) is 15.7. The summed E-state index contributed by atoms with van der Waals surface area (Å²) >= 11 is 0. The Morgan fingerprint density at radius 1 is 0.426 bits per heavy atom. The SMILES string of the molecule is c1ccc(-c2cnc3c(n2)nc(-n2c4ccccc4c4c2ccc2c5ccccc5n(-c5ccccc5)c24)n3-c2ccccc2)cc1. The van der Waals surface area contributed by atoms with Gasteiger partial charge >= 0.3 is 0 Å². The molecule has 0 radical (unpaired) electrons. The first-order chi connectivity index (χ1) is 23.3. The van der Waals surface area contributed by atoms with Crippen LogP contribution in [0.15, 0.2) is 158 Å². The molecule has 220 valence electrons. The van der Waals surface area contributed by atoms with E-state index in [0.29, 0.717) is 11.3 Å². The van der Waals surface area contributed by atoms with Crippen LogP contribution < -0.4 is 0 Å². The average Bonchev–Trinajstić information content (AvgIpc) is 3.80. The highest BCUT2D eigenvalue weighted by molar-refractivity contribution is 6.26. The topological polar surface area (TPSA) is 53.5 Å². The van der Waals surface area contributed by atoms with Gasteiger partial charge in [-0.25, -0.2) is 9.97 Å². The van der Waals surface area contributed by atoms with E-state index < -0.39 is 0 Å². The van der Waals surface area contributed by atoms with E-state index in [4.69, 9.17) is 15.0 Å². The maximum atomic E-state index is 5.27. The van der Waals surface area contributed by atoms with Crippen LogP contribution in [0.4, 0.5) is 0 Å². The van der Waals surface area contributed by atoms with Crippen molar-refractivity contribution in [1.29, 1.82) is 0 Å². The summed E-state index contributed by atoms with van der Waals surface area (Å²) in [6.07, 6.45) is 1.84.